The number of morpholine rings is 1. The molecule has 2 fully saturated rings. The van der Waals surface area contributed by atoms with Gasteiger partial charge in [-0.25, -0.2) is 0 Å². The molecule has 0 atom stereocenters. The van der Waals surface area contributed by atoms with Gasteiger partial charge in [-0.1, -0.05) is 12.1 Å². The lowest BCUT2D eigenvalue weighted by molar-refractivity contribution is 0.0374. The Morgan fingerprint density at radius 3 is 2.50 bits per heavy atom. The molecule has 2 heterocycles. The molecule has 0 radical (unpaired) electrons. The number of hydrogen-bond acceptors (Lipinski definition) is 4. The van der Waals surface area contributed by atoms with Crippen molar-refractivity contribution in [1.82, 2.24) is 9.80 Å². The van der Waals surface area contributed by atoms with Gasteiger partial charge in [0.2, 0.25) is 0 Å². The van der Waals surface area contributed by atoms with Crippen molar-refractivity contribution in [3.8, 4) is 5.75 Å². The smallest absolute Gasteiger partial charge is 0.119 e. The molecule has 3 rings (SSSR count). The summed E-state index contributed by atoms with van der Waals surface area (Å²) in [5, 5.41) is 0. The van der Waals surface area contributed by atoms with Crippen molar-refractivity contribution >= 4 is 0 Å². The Kier molecular flexibility index (Phi) is 7.39. The summed E-state index contributed by atoms with van der Waals surface area (Å²) in [5.74, 6) is 1.03. The minimum Gasteiger partial charge on any atom is -0.494 e. The van der Waals surface area contributed by atoms with Crippen LogP contribution in [0, 0.1) is 0 Å². The molecule has 2 aliphatic rings. The summed E-state index contributed by atoms with van der Waals surface area (Å²) < 4.78 is 11.3. The van der Waals surface area contributed by atoms with Crippen molar-refractivity contribution in [3.05, 3.63) is 29.8 Å². The third-order valence-electron chi connectivity index (χ3n) is 5.03. The van der Waals surface area contributed by atoms with E-state index in [2.05, 4.69) is 34.1 Å². The average Bonchev–Trinajstić information content (AvgIpc) is 3.14. The summed E-state index contributed by atoms with van der Waals surface area (Å²) >= 11 is 0. The summed E-state index contributed by atoms with van der Waals surface area (Å²) in [6.07, 6.45) is 6.20. The Hall–Kier alpha value is -1.10. The molecule has 0 spiro atoms. The van der Waals surface area contributed by atoms with Crippen molar-refractivity contribution in [2.75, 3.05) is 59.1 Å². The Morgan fingerprint density at radius 1 is 0.917 bits per heavy atom. The van der Waals surface area contributed by atoms with Crippen molar-refractivity contribution in [3.63, 3.8) is 0 Å². The Morgan fingerprint density at radius 2 is 1.67 bits per heavy atom. The topological polar surface area (TPSA) is 24.9 Å². The zero-order valence-corrected chi connectivity index (χ0v) is 14.9. The second-order valence-electron chi connectivity index (χ2n) is 6.96. The minimum absolute atomic E-state index is 0.827. The summed E-state index contributed by atoms with van der Waals surface area (Å²) in [6, 6.07) is 8.65. The fraction of sp³-hybridized carbons (Fsp3) is 0.700. The molecule has 0 aliphatic carbocycles. The van der Waals surface area contributed by atoms with E-state index in [4.69, 9.17) is 9.47 Å². The zero-order valence-electron chi connectivity index (χ0n) is 14.9. The van der Waals surface area contributed by atoms with Gasteiger partial charge in [0, 0.05) is 19.6 Å². The fourth-order valence-corrected chi connectivity index (χ4v) is 3.61. The second-order valence-corrected chi connectivity index (χ2v) is 6.96. The monoisotopic (exact) mass is 332 g/mol. The van der Waals surface area contributed by atoms with Crippen LogP contribution in [0.5, 0.6) is 5.75 Å². The van der Waals surface area contributed by atoms with E-state index in [1.807, 2.05) is 0 Å². The number of aryl methyl sites for hydroxylation is 1. The van der Waals surface area contributed by atoms with Crippen LogP contribution in [0.15, 0.2) is 24.3 Å². The molecule has 4 nitrogen and oxygen atoms in total. The van der Waals surface area contributed by atoms with Gasteiger partial charge in [-0.15, -0.1) is 0 Å². The van der Waals surface area contributed by atoms with Crippen molar-refractivity contribution < 1.29 is 9.47 Å². The molecule has 2 saturated heterocycles. The lowest BCUT2D eigenvalue weighted by Crippen LogP contribution is -2.36. The second kappa shape index (κ2) is 10.0. The molecule has 1 aromatic rings. The maximum Gasteiger partial charge on any atom is 0.119 e. The van der Waals surface area contributed by atoms with E-state index in [0.717, 1.165) is 51.5 Å². The zero-order chi connectivity index (χ0) is 16.5. The van der Waals surface area contributed by atoms with Gasteiger partial charge in [0.05, 0.1) is 19.8 Å². The molecule has 2 aliphatic heterocycles. The van der Waals surface area contributed by atoms with Gasteiger partial charge in [0.1, 0.15) is 5.75 Å². The molecular weight excluding hydrogens is 300 g/mol. The van der Waals surface area contributed by atoms with E-state index in [-0.39, 0.29) is 0 Å². The lowest BCUT2D eigenvalue weighted by atomic mass is 10.1. The van der Waals surface area contributed by atoms with Gasteiger partial charge >= 0.3 is 0 Å². The standard InChI is InChI=1S/C20H32N2O2/c1-2-10-21(9-1)12-5-15-24-20-8-3-6-19(18-20)7-4-11-22-13-16-23-17-14-22/h3,6,8,18H,1-2,4-5,7,9-17H2. The van der Waals surface area contributed by atoms with Crippen LogP contribution in [-0.2, 0) is 11.2 Å². The summed E-state index contributed by atoms with van der Waals surface area (Å²) in [6.45, 7) is 9.68. The predicted octanol–water partition coefficient (Wildman–Crippen LogP) is 2.82. The van der Waals surface area contributed by atoms with E-state index in [1.54, 1.807) is 0 Å². The fourth-order valence-electron chi connectivity index (χ4n) is 3.61. The maximum atomic E-state index is 5.95. The highest BCUT2D eigenvalue weighted by atomic mass is 16.5. The molecule has 1 aromatic carbocycles. The van der Waals surface area contributed by atoms with Crippen LogP contribution in [0.25, 0.3) is 0 Å². The van der Waals surface area contributed by atoms with Crippen molar-refractivity contribution in [2.45, 2.75) is 32.1 Å². The van der Waals surface area contributed by atoms with Crippen LogP contribution in [0.1, 0.15) is 31.2 Å². The van der Waals surface area contributed by atoms with Crippen LogP contribution >= 0.6 is 0 Å². The van der Waals surface area contributed by atoms with E-state index in [0.29, 0.717) is 0 Å². The van der Waals surface area contributed by atoms with Gasteiger partial charge in [-0.05, 0) is 69.4 Å². The minimum atomic E-state index is 0.827. The average molecular weight is 332 g/mol. The van der Waals surface area contributed by atoms with E-state index in [9.17, 15) is 0 Å². The molecule has 4 heteroatoms. The first-order valence-electron chi connectivity index (χ1n) is 9.64. The molecule has 0 unspecified atom stereocenters. The van der Waals surface area contributed by atoms with Gasteiger partial charge < -0.3 is 14.4 Å². The van der Waals surface area contributed by atoms with Gasteiger partial charge in [-0.2, -0.15) is 0 Å². The first-order valence-corrected chi connectivity index (χ1v) is 9.64. The van der Waals surface area contributed by atoms with Crippen LogP contribution in [-0.4, -0.2) is 68.9 Å². The number of likely N-dealkylation sites (tertiary alicyclic amines) is 1. The molecule has 24 heavy (non-hydrogen) atoms. The van der Waals surface area contributed by atoms with Crippen LogP contribution in [0.3, 0.4) is 0 Å². The Labute approximate surface area is 146 Å². The van der Waals surface area contributed by atoms with E-state index >= 15 is 0 Å². The number of rotatable bonds is 9. The van der Waals surface area contributed by atoms with E-state index < -0.39 is 0 Å². The van der Waals surface area contributed by atoms with Gasteiger partial charge in [0.25, 0.3) is 0 Å². The number of ether oxygens (including phenoxy) is 2. The Balaban J connectivity index is 1.32. The number of nitrogens with zero attached hydrogens (tertiary/aromatic N) is 2. The normalized spacial score (nSPS) is 19.7. The molecular formula is C20H32N2O2. The molecule has 0 saturated carbocycles. The highest BCUT2D eigenvalue weighted by molar-refractivity contribution is 5.28. The molecule has 0 amide bonds. The highest BCUT2D eigenvalue weighted by Gasteiger charge is 2.11. The third kappa shape index (κ3) is 6.08. The molecule has 0 N–H and O–H groups in total. The number of benzene rings is 1. The first kappa shape index (κ1) is 17.7. The van der Waals surface area contributed by atoms with E-state index in [1.165, 1.54) is 51.0 Å². The van der Waals surface area contributed by atoms with Gasteiger partial charge in [-0.3, -0.25) is 4.90 Å². The van der Waals surface area contributed by atoms with Crippen LogP contribution < -0.4 is 4.74 Å². The largest absolute Gasteiger partial charge is 0.494 e. The van der Waals surface area contributed by atoms with Gasteiger partial charge in [0.15, 0.2) is 0 Å². The summed E-state index contributed by atoms with van der Waals surface area (Å²) in [5.41, 5.74) is 1.39. The van der Waals surface area contributed by atoms with Crippen molar-refractivity contribution in [2.24, 2.45) is 0 Å². The summed E-state index contributed by atoms with van der Waals surface area (Å²) in [4.78, 5) is 5.05. The third-order valence-corrected chi connectivity index (χ3v) is 5.03. The molecule has 134 valence electrons. The van der Waals surface area contributed by atoms with Crippen molar-refractivity contribution in [1.29, 1.82) is 0 Å². The van der Waals surface area contributed by atoms with Crippen LogP contribution in [0.2, 0.25) is 0 Å². The lowest BCUT2D eigenvalue weighted by Gasteiger charge is -2.26. The Bertz CT molecular complexity index is 468. The summed E-state index contributed by atoms with van der Waals surface area (Å²) in [7, 11) is 0. The highest BCUT2D eigenvalue weighted by Crippen LogP contribution is 2.16. The first-order chi connectivity index (χ1) is 11.9. The molecule has 0 aromatic heterocycles. The molecule has 0 bridgehead atoms. The predicted molar refractivity (Wildman–Crippen MR) is 97.8 cm³/mol. The number of hydrogen-bond donors (Lipinski definition) is 0. The quantitative estimate of drug-likeness (QED) is 0.649. The maximum absolute atomic E-state index is 5.95. The SMILES string of the molecule is c1cc(CCCN2CCOCC2)cc(OCCCN2CCCC2)c1. The van der Waals surface area contributed by atoms with Crippen LogP contribution in [0.4, 0.5) is 0 Å².